The van der Waals surface area contributed by atoms with Gasteiger partial charge in [-0.1, -0.05) is 43.7 Å². The van der Waals surface area contributed by atoms with E-state index in [1.807, 2.05) is 55.5 Å². The van der Waals surface area contributed by atoms with Crippen LogP contribution >= 0.6 is 0 Å². The summed E-state index contributed by atoms with van der Waals surface area (Å²) in [4.78, 5) is 12.3. The lowest BCUT2D eigenvalue weighted by Crippen LogP contribution is -2.33. The third-order valence-corrected chi connectivity index (χ3v) is 3.95. The molecular weight excluding hydrogens is 314 g/mol. The molecule has 2 rings (SSSR count). The van der Waals surface area contributed by atoms with E-state index in [0.29, 0.717) is 11.7 Å². The normalized spacial score (nSPS) is 11.9. The summed E-state index contributed by atoms with van der Waals surface area (Å²) in [5.41, 5.74) is 2.23. The van der Waals surface area contributed by atoms with Gasteiger partial charge in [0.25, 0.3) is 5.91 Å². The molecule has 0 saturated heterocycles. The molecule has 1 N–H and O–H groups in total. The Morgan fingerprint density at radius 1 is 1.00 bits per heavy atom. The molecule has 1 amide bonds. The van der Waals surface area contributed by atoms with Gasteiger partial charge >= 0.3 is 0 Å². The summed E-state index contributed by atoms with van der Waals surface area (Å²) in [6.45, 7) is 6.31. The topological polar surface area (TPSA) is 47.6 Å². The lowest BCUT2D eigenvalue weighted by molar-refractivity contribution is -0.124. The predicted molar refractivity (Wildman–Crippen MR) is 100 cm³/mol. The fraction of sp³-hybridized carbons (Fsp3) is 0.381. The molecule has 0 aromatic heterocycles. The number of amides is 1. The average Bonchev–Trinajstić information content (AvgIpc) is 2.60. The molecule has 4 heteroatoms. The van der Waals surface area contributed by atoms with Gasteiger partial charge in [-0.3, -0.25) is 4.79 Å². The van der Waals surface area contributed by atoms with Crippen molar-refractivity contribution in [2.24, 2.45) is 5.92 Å². The van der Waals surface area contributed by atoms with Crippen LogP contribution in [0.25, 0.3) is 0 Å². The highest BCUT2D eigenvalue weighted by molar-refractivity contribution is 5.78. The summed E-state index contributed by atoms with van der Waals surface area (Å²) < 4.78 is 10.8. The molecule has 0 aliphatic carbocycles. The van der Waals surface area contributed by atoms with Crippen molar-refractivity contribution < 1.29 is 14.3 Å². The first-order chi connectivity index (χ1) is 12.0. The Kier molecular flexibility index (Phi) is 6.87. The van der Waals surface area contributed by atoms with Crippen LogP contribution in [0.2, 0.25) is 0 Å². The van der Waals surface area contributed by atoms with Crippen molar-refractivity contribution in [3.8, 4) is 11.5 Å². The zero-order valence-corrected chi connectivity index (χ0v) is 15.4. The quantitative estimate of drug-likeness (QED) is 0.779. The fourth-order valence-corrected chi connectivity index (χ4v) is 2.61. The Bertz CT molecular complexity index is 663. The van der Waals surface area contributed by atoms with E-state index in [-0.39, 0.29) is 18.6 Å². The van der Waals surface area contributed by atoms with Gasteiger partial charge in [-0.25, -0.2) is 0 Å². The molecule has 2 aromatic rings. The number of hydrogen-bond acceptors (Lipinski definition) is 3. The first-order valence-electron chi connectivity index (χ1n) is 8.60. The van der Waals surface area contributed by atoms with Crippen LogP contribution in [0.4, 0.5) is 0 Å². The minimum Gasteiger partial charge on any atom is -0.497 e. The van der Waals surface area contributed by atoms with Gasteiger partial charge in [-0.2, -0.15) is 0 Å². The van der Waals surface area contributed by atoms with Crippen molar-refractivity contribution in [2.75, 3.05) is 13.7 Å². The second-order valence-electron chi connectivity index (χ2n) is 6.62. The van der Waals surface area contributed by atoms with Gasteiger partial charge in [0, 0.05) is 0 Å². The van der Waals surface area contributed by atoms with Crippen LogP contribution in [0.15, 0.2) is 48.5 Å². The van der Waals surface area contributed by atoms with Crippen molar-refractivity contribution in [3.63, 3.8) is 0 Å². The van der Waals surface area contributed by atoms with E-state index in [1.165, 1.54) is 0 Å². The zero-order valence-electron chi connectivity index (χ0n) is 15.4. The summed E-state index contributed by atoms with van der Waals surface area (Å²) in [5, 5.41) is 3.08. The molecule has 25 heavy (non-hydrogen) atoms. The van der Waals surface area contributed by atoms with Crippen LogP contribution in [-0.2, 0) is 4.79 Å². The number of rotatable bonds is 8. The highest BCUT2D eigenvalue weighted by atomic mass is 16.5. The molecule has 4 nitrogen and oxygen atoms in total. The second kappa shape index (κ2) is 9.11. The number of ether oxygens (including phenoxy) is 2. The lowest BCUT2D eigenvalue weighted by atomic mass is 9.97. The molecule has 0 aliphatic rings. The van der Waals surface area contributed by atoms with Gasteiger partial charge in [-0.05, 0) is 49.1 Å². The van der Waals surface area contributed by atoms with Crippen molar-refractivity contribution in [2.45, 2.75) is 33.2 Å². The first-order valence-corrected chi connectivity index (χ1v) is 8.60. The van der Waals surface area contributed by atoms with Crippen molar-refractivity contribution >= 4 is 5.91 Å². The largest absolute Gasteiger partial charge is 0.497 e. The van der Waals surface area contributed by atoms with Crippen LogP contribution in [0, 0.1) is 12.8 Å². The van der Waals surface area contributed by atoms with E-state index >= 15 is 0 Å². The number of nitrogens with one attached hydrogen (secondary N) is 1. The van der Waals surface area contributed by atoms with Gasteiger partial charge < -0.3 is 14.8 Å². The van der Waals surface area contributed by atoms with Gasteiger partial charge in [0.15, 0.2) is 6.61 Å². The van der Waals surface area contributed by atoms with Gasteiger partial charge in [-0.15, -0.1) is 0 Å². The summed E-state index contributed by atoms with van der Waals surface area (Å²) in [6, 6.07) is 15.4. The standard InChI is InChI=1S/C21H27NO3/c1-15(2)13-20(17-7-11-18(24-4)12-8-17)22-21(23)14-25-19-9-5-16(3)6-10-19/h5-12,15,20H,13-14H2,1-4H3,(H,22,23)/t20-/m1/s1. The number of carbonyl (C=O) groups is 1. The number of carbonyl (C=O) groups excluding carboxylic acids is 1. The second-order valence-corrected chi connectivity index (χ2v) is 6.62. The van der Waals surface area contributed by atoms with E-state index in [2.05, 4.69) is 19.2 Å². The minimum atomic E-state index is -0.123. The molecule has 0 bridgehead atoms. The average molecular weight is 341 g/mol. The van der Waals surface area contributed by atoms with Gasteiger partial charge in [0.05, 0.1) is 13.2 Å². The number of benzene rings is 2. The summed E-state index contributed by atoms with van der Waals surface area (Å²) in [7, 11) is 1.64. The van der Waals surface area contributed by atoms with Crippen LogP contribution in [0.5, 0.6) is 11.5 Å². The Hall–Kier alpha value is -2.49. The molecule has 0 spiro atoms. The van der Waals surface area contributed by atoms with Crippen molar-refractivity contribution in [1.29, 1.82) is 0 Å². The Balaban J connectivity index is 1.97. The highest BCUT2D eigenvalue weighted by Gasteiger charge is 2.16. The third-order valence-electron chi connectivity index (χ3n) is 3.95. The van der Waals surface area contributed by atoms with Crippen molar-refractivity contribution in [1.82, 2.24) is 5.32 Å². The fourth-order valence-electron chi connectivity index (χ4n) is 2.61. The van der Waals surface area contributed by atoms with Crippen LogP contribution in [-0.4, -0.2) is 19.6 Å². The van der Waals surface area contributed by atoms with Crippen molar-refractivity contribution in [3.05, 3.63) is 59.7 Å². The minimum absolute atomic E-state index is 0.00775. The van der Waals surface area contributed by atoms with E-state index in [4.69, 9.17) is 9.47 Å². The molecule has 0 unspecified atom stereocenters. The number of aryl methyl sites for hydroxylation is 1. The molecular formula is C21H27NO3. The maximum Gasteiger partial charge on any atom is 0.258 e. The predicted octanol–water partition coefficient (Wildman–Crippen LogP) is 4.29. The van der Waals surface area contributed by atoms with E-state index in [1.54, 1.807) is 7.11 Å². The molecule has 1 atom stereocenters. The summed E-state index contributed by atoms with van der Waals surface area (Å²) in [5.74, 6) is 1.85. The maximum atomic E-state index is 12.3. The monoisotopic (exact) mass is 341 g/mol. The lowest BCUT2D eigenvalue weighted by Gasteiger charge is -2.21. The van der Waals surface area contributed by atoms with Gasteiger partial charge in [0.2, 0.25) is 0 Å². The summed E-state index contributed by atoms with van der Waals surface area (Å²) >= 11 is 0. The first kappa shape index (κ1) is 18.8. The maximum absolute atomic E-state index is 12.3. The SMILES string of the molecule is COc1ccc([C@@H](CC(C)C)NC(=O)COc2ccc(C)cc2)cc1. The zero-order chi connectivity index (χ0) is 18.2. The Morgan fingerprint density at radius 2 is 1.60 bits per heavy atom. The smallest absolute Gasteiger partial charge is 0.258 e. The molecule has 0 saturated carbocycles. The number of hydrogen-bond donors (Lipinski definition) is 1. The Morgan fingerprint density at radius 3 is 2.16 bits per heavy atom. The molecule has 0 fully saturated rings. The Labute approximate surface area is 150 Å². The van der Waals surface area contributed by atoms with Crippen LogP contribution in [0.3, 0.4) is 0 Å². The molecule has 2 aromatic carbocycles. The number of methoxy groups -OCH3 is 1. The molecule has 0 radical (unpaired) electrons. The van der Waals surface area contributed by atoms with Crippen LogP contribution < -0.4 is 14.8 Å². The highest BCUT2D eigenvalue weighted by Crippen LogP contribution is 2.23. The van der Waals surface area contributed by atoms with E-state index < -0.39 is 0 Å². The molecule has 0 heterocycles. The molecule has 0 aliphatic heterocycles. The van der Waals surface area contributed by atoms with Crippen LogP contribution in [0.1, 0.15) is 37.4 Å². The summed E-state index contributed by atoms with van der Waals surface area (Å²) in [6.07, 6.45) is 0.864. The van der Waals surface area contributed by atoms with E-state index in [0.717, 1.165) is 23.3 Å². The van der Waals surface area contributed by atoms with Gasteiger partial charge in [0.1, 0.15) is 11.5 Å². The molecule has 134 valence electrons. The van der Waals surface area contributed by atoms with E-state index in [9.17, 15) is 4.79 Å². The third kappa shape index (κ3) is 6.14.